The number of nitrogens with zero attached hydrogens (tertiary/aromatic N) is 4. The highest BCUT2D eigenvalue weighted by Crippen LogP contribution is 2.39. The molecular weight excluding hydrogens is 282 g/mol. The molecule has 1 N–H and O–H groups in total. The van der Waals surface area contributed by atoms with Crippen LogP contribution in [-0.4, -0.2) is 31.2 Å². The van der Waals surface area contributed by atoms with Crippen LogP contribution >= 0.6 is 0 Å². The molecule has 22 heavy (non-hydrogen) atoms. The molecule has 0 saturated heterocycles. The van der Waals surface area contributed by atoms with E-state index in [-0.39, 0.29) is 11.4 Å². The van der Waals surface area contributed by atoms with Crippen LogP contribution in [0, 0.1) is 6.92 Å². The lowest BCUT2D eigenvalue weighted by molar-refractivity contribution is 0.0946. The number of furan rings is 1. The highest BCUT2D eigenvalue weighted by molar-refractivity contribution is 6.09. The average Bonchev–Trinajstić information content (AvgIpc) is 2.95. The number of aromatic nitrogens is 4. The molecule has 0 aliphatic heterocycles. The Morgan fingerprint density at radius 2 is 2.23 bits per heavy atom. The summed E-state index contributed by atoms with van der Waals surface area (Å²) < 4.78 is 6.74. The Balaban J connectivity index is 1.87. The number of hydrogen-bond donors (Lipinski definition) is 1. The molecule has 1 fully saturated rings. The lowest BCUT2D eigenvalue weighted by atomic mass is 10.2. The van der Waals surface area contributed by atoms with Gasteiger partial charge in [-0.1, -0.05) is 0 Å². The van der Waals surface area contributed by atoms with Gasteiger partial charge in [0.2, 0.25) is 5.71 Å². The standard InChI is InChI=1S/C15H15N5O2/c1-9-17-12(19-15(2)4-5-15)11-10(8-22-13(11)18-9)14(21)20-7-3-6-16-20/h3,6-8H,4-5H2,1-2H3,(H,17,18,19). The Morgan fingerprint density at radius 3 is 2.91 bits per heavy atom. The van der Waals surface area contributed by atoms with Gasteiger partial charge in [-0.2, -0.15) is 10.1 Å². The molecule has 7 heteroatoms. The van der Waals surface area contributed by atoms with Crippen LogP contribution in [0.15, 0.2) is 29.1 Å². The second kappa shape index (κ2) is 4.40. The first kappa shape index (κ1) is 13.0. The fraction of sp³-hybridized carbons (Fsp3) is 0.333. The van der Waals surface area contributed by atoms with Gasteiger partial charge in [0, 0.05) is 17.9 Å². The minimum absolute atomic E-state index is 0.0387. The van der Waals surface area contributed by atoms with Crippen LogP contribution in [0.5, 0.6) is 0 Å². The Hall–Kier alpha value is -2.70. The number of rotatable bonds is 3. The van der Waals surface area contributed by atoms with Crippen molar-refractivity contribution in [2.75, 3.05) is 5.32 Å². The van der Waals surface area contributed by atoms with Crippen molar-refractivity contribution >= 4 is 22.8 Å². The van der Waals surface area contributed by atoms with E-state index >= 15 is 0 Å². The number of anilines is 1. The number of carbonyl (C=O) groups excluding carboxylic acids is 1. The predicted octanol–water partition coefficient (Wildman–Crippen LogP) is 2.38. The minimum Gasteiger partial charge on any atom is -0.445 e. The Morgan fingerprint density at radius 1 is 1.41 bits per heavy atom. The number of nitrogens with one attached hydrogen (secondary N) is 1. The maximum absolute atomic E-state index is 12.6. The first-order valence-electron chi connectivity index (χ1n) is 7.14. The van der Waals surface area contributed by atoms with Crippen molar-refractivity contribution in [3.8, 4) is 0 Å². The number of aryl methyl sites for hydroxylation is 1. The summed E-state index contributed by atoms with van der Waals surface area (Å²) in [7, 11) is 0. The quantitative estimate of drug-likeness (QED) is 0.798. The zero-order valence-electron chi connectivity index (χ0n) is 12.3. The molecule has 0 bridgehead atoms. The van der Waals surface area contributed by atoms with Crippen LogP contribution < -0.4 is 5.32 Å². The second-order valence-electron chi connectivity index (χ2n) is 5.89. The Labute approximate surface area is 126 Å². The molecule has 3 aromatic heterocycles. The van der Waals surface area contributed by atoms with E-state index in [9.17, 15) is 4.79 Å². The fourth-order valence-electron chi connectivity index (χ4n) is 2.41. The van der Waals surface area contributed by atoms with Gasteiger partial charge in [-0.15, -0.1) is 0 Å². The summed E-state index contributed by atoms with van der Waals surface area (Å²) in [5.41, 5.74) is 0.858. The third-order valence-electron chi connectivity index (χ3n) is 3.91. The second-order valence-corrected chi connectivity index (χ2v) is 5.89. The van der Waals surface area contributed by atoms with E-state index in [1.54, 1.807) is 25.4 Å². The molecule has 0 amide bonds. The van der Waals surface area contributed by atoms with Crippen LogP contribution in [0.25, 0.3) is 11.1 Å². The van der Waals surface area contributed by atoms with Gasteiger partial charge in [0.15, 0.2) is 0 Å². The van der Waals surface area contributed by atoms with Crippen molar-refractivity contribution in [3.63, 3.8) is 0 Å². The highest BCUT2D eigenvalue weighted by atomic mass is 16.3. The first-order valence-corrected chi connectivity index (χ1v) is 7.14. The van der Waals surface area contributed by atoms with Crippen molar-refractivity contribution in [3.05, 3.63) is 36.1 Å². The van der Waals surface area contributed by atoms with Gasteiger partial charge >= 0.3 is 0 Å². The van der Waals surface area contributed by atoms with E-state index in [1.165, 1.54) is 10.9 Å². The van der Waals surface area contributed by atoms with E-state index in [0.29, 0.717) is 28.3 Å². The normalized spacial score (nSPS) is 15.9. The monoisotopic (exact) mass is 297 g/mol. The lowest BCUT2D eigenvalue weighted by Gasteiger charge is -2.13. The largest absolute Gasteiger partial charge is 0.445 e. The van der Waals surface area contributed by atoms with E-state index in [4.69, 9.17) is 4.42 Å². The molecule has 0 aromatic carbocycles. The smallest absolute Gasteiger partial charge is 0.282 e. The van der Waals surface area contributed by atoms with Gasteiger partial charge in [-0.3, -0.25) is 4.79 Å². The molecular formula is C15H15N5O2. The molecule has 0 radical (unpaired) electrons. The summed E-state index contributed by atoms with van der Waals surface area (Å²) in [6.45, 7) is 3.93. The summed E-state index contributed by atoms with van der Waals surface area (Å²) >= 11 is 0. The van der Waals surface area contributed by atoms with E-state index < -0.39 is 0 Å². The summed E-state index contributed by atoms with van der Waals surface area (Å²) in [6.07, 6.45) is 6.75. The van der Waals surface area contributed by atoms with Crippen LogP contribution in [0.4, 0.5) is 5.82 Å². The molecule has 3 aromatic rings. The first-order chi connectivity index (χ1) is 10.6. The summed E-state index contributed by atoms with van der Waals surface area (Å²) in [6, 6.07) is 1.70. The maximum Gasteiger partial charge on any atom is 0.282 e. The van der Waals surface area contributed by atoms with Crippen LogP contribution in [0.3, 0.4) is 0 Å². The molecule has 1 aliphatic rings. The van der Waals surface area contributed by atoms with Gasteiger partial charge < -0.3 is 9.73 Å². The van der Waals surface area contributed by atoms with Gasteiger partial charge in [0.1, 0.15) is 17.9 Å². The molecule has 0 atom stereocenters. The zero-order valence-corrected chi connectivity index (χ0v) is 12.3. The highest BCUT2D eigenvalue weighted by Gasteiger charge is 2.38. The van der Waals surface area contributed by atoms with Gasteiger partial charge in [0.25, 0.3) is 5.91 Å². The lowest BCUT2D eigenvalue weighted by Crippen LogP contribution is -2.19. The molecule has 7 nitrogen and oxygen atoms in total. The zero-order chi connectivity index (χ0) is 15.3. The molecule has 1 saturated carbocycles. The minimum atomic E-state index is -0.264. The van der Waals surface area contributed by atoms with E-state index in [2.05, 4.69) is 27.3 Å². The van der Waals surface area contributed by atoms with Crippen molar-refractivity contribution in [2.45, 2.75) is 32.2 Å². The number of carbonyl (C=O) groups is 1. The Kier molecular flexibility index (Phi) is 2.60. The van der Waals surface area contributed by atoms with Gasteiger partial charge in [-0.05, 0) is 32.8 Å². The van der Waals surface area contributed by atoms with Crippen molar-refractivity contribution < 1.29 is 9.21 Å². The Bertz CT molecular complexity index is 862. The number of hydrogen-bond acceptors (Lipinski definition) is 6. The van der Waals surface area contributed by atoms with Crippen LogP contribution in [-0.2, 0) is 0 Å². The predicted molar refractivity (Wildman–Crippen MR) is 79.8 cm³/mol. The molecule has 112 valence electrons. The number of fused-ring (bicyclic) bond motifs is 1. The van der Waals surface area contributed by atoms with Crippen LogP contribution in [0.1, 0.15) is 35.9 Å². The molecule has 0 unspecified atom stereocenters. The summed E-state index contributed by atoms with van der Waals surface area (Å²) in [5, 5.41) is 8.00. The van der Waals surface area contributed by atoms with Gasteiger partial charge in [0.05, 0.1) is 10.9 Å². The summed E-state index contributed by atoms with van der Waals surface area (Å²) in [5.74, 6) is 0.985. The summed E-state index contributed by atoms with van der Waals surface area (Å²) in [4.78, 5) is 21.3. The molecule has 3 heterocycles. The molecule has 4 rings (SSSR count). The third kappa shape index (κ3) is 2.05. The van der Waals surface area contributed by atoms with E-state index in [1.807, 2.05) is 0 Å². The molecule has 0 spiro atoms. The molecule has 1 aliphatic carbocycles. The SMILES string of the molecule is Cc1nc(NC2(C)CC2)c2c(C(=O)n3cccn3)coc2n1. The van der Waals surface area contributed by atoms with E-state index in [0.717, 1.165) is 12.8 Å². The van der Waals surface area contributed by atoms with Crippen molar-refractivity contribution in [2.24, 2.45) is 0 Å². The van der Waals surface area contributed by atoms with Gasteiger partial charge in [-0.25, -0.2) is 9.67 Å². The topological polar surface area (TPSA) is 85.8 Å². The van der Waals surface area contributed by atoms with Crippen molar-refractivity contribution in [1.82, 2.24) is 19.7 Å². The maximum atomic E-state index is 12.6. The van der Waals surface area contributed by atoms with Crippen molar-refractivity contribution in [1.29, 1.82) is 0 Å². The average molecular weight is 297 g/mol. The van der Waals surface area contributed by atoms with Crippen LogP contribution in [0.2, 0.25) is 0 Å². The third-order valence-corrected chi connectivity index (χ3v) is 3.91. The fourth-order valence-corrected chi connectivity index (χ4v) is 2.41.